The van der Waals surface area contributed by atoms with Crippen molar-refractivity contribution in [2.45, 2.75) is 32.1 Å². The zero-order chi connectivity index (χ0) is 17.2. The molecule has 25 heavy (non-hydrogen) atoms. The van der Waals surface area contributed by atoms with Gasteiger partial charge in [0.25, 0.3) is 5.91 Å². The Bertz CT molecular complexity index is 759. The number of carbonyl (C=O) groups is 1. The average Bonchev–Trinajstić information content (AvgIpc) is 3.11. The third kappa shape index (κ3) is 3.38. The maximum absolute atomic E-state index is 13.0. The Morgan fingerprint density at radius 3 is 2.76 bits per heavy atom. The molecule has 1 aliphatic heterocycles. The van der Waals surface area contributed by atoms with Gasteiger partial charge in [0.15, 0.2) is 0 Å². The number of amides is 1. The first-order valence-electron chi connectivity index (χ1n) is 9.41. The predicted molar refractivity (Wildman–Crippen MR) is 104 cm³/mol. The zero-order valence-electron chi connectivity index (χ0n) is 14.9. The Morgan fingerprint density at radius 2 is 1.96 bits per heavy atom. The first-order valence-corrected chi connectivity index (χ1v) is 10.2. The van der Waals surface area contributed by atoms with E-state index in [0.717, 1.165) is 56.1 Å². The van der Waals surface area contributed by atoms with Crippen molar-refractivity contribution >= 4 is 17.2 Å². The fraction of sp³-hybridized carbons (Fsp3) is 0.476. The number of carbonyl (C=O) groups excluding carboxylic acids is 1. The zero-order valence-corrected chi connectivity index (χ0v) is 15.7. The van der Waals surface area contributed by atoms with Crippen molar-refractivity contribution in [2.75, 3.05) is 26.7 Å². The molecule has 1 aromatic carbocycles. The van der Waals surface area contributed by atoms with Crippen molar-refractivity contribution in [3.8, 4) is 10.4 Å². The molecule has 0 spiro atoms. The van der Waals surface area contributed by atoms with Crippen molar-refractivity contribution in [3.63, 3.8) is 0 Å². The Morgan fingerprint density at radius 1 is 1.20 bits per heavy atom. The molecule has 0 saturated carbocycles. The fourth-order valence-electron chi connectivity index (χ4n) is 4.11. The van der Waals surface area contributed by atoms with E-state index in [1.165, 1.54) is 28.0 Å². The minimum atomic E-state index is 0.240. The number of benzene rings is 1. The molecule has 2 aliphatic rings. The number of nitrogens with zero attached hydrogens (tertiary/aromatic N) is 1. The molecule has 1 N–H and O–H groups in total. The van der Waals surface area contributed by atoms with E-state index >= 15 is 0 Å². The quantitative estimate of drug-likeness (QED) is 0.901. The summed E-state index contributed by atoms with van der Waals surface area (Å²) in [5.41, 5.74) is 4.11. The van der Waals surface area contributed by atoms with Crippen LogP contribution in [0.5, 0.6) is 0 Å². The molecular weight excluding hydrogens is 328 g/mol. The van der Waals surface area contributed by atoms with E-state index in [1.807, 2.05) is 7.05 Å². The molecule has 0 atom stereocenters. The summed E-state index contributed by atoms with van der Waals surface area (Å²) in [6.45, 7) is 2.90. The highest BCUT2D eigenvalue weighted by atomic mass is 32.1. The van der Waals surface area contributed by atoms with E-state index < -0.39 is 0 Å². The van der Waals surface area contributed by atoms with Crippen LogP contribution < -0.4 is 5.32 Å². The molecule has 1 saturated heterocycles. The molecular formula is C21H26N2OS. The van der Waals surface area contributed by atoms with Crippen LogP contribution in [0, 0.1) is 5.92 Å². The predicted octanol–water partition coefficient (Wildman–Crippen LogP) is 3.98. The van der Waals surface area contributed by atoms with Gasteiger partial charge in [0, 0.05) is 18.0 Å². The third-order valence-electron chi connectivity index (χ3n) is 5.65. The van der Waals surface area contributed by atoms with Crippen LogP contribution >= 0.6 is 11.3 Å². The topological polar surface area (TPSA) is 32.3 Å². The lowest BCUT2D eigenvalue weighted by Crippen LogP contribution is -2.38. The minimum Gasteiger partial charge on any atom is -0.338 e. The number of fused-ring (bicyclic) bond motifs is 3. The molecule has 4 heteroatoms. The number of aryl methyl sites for hydroxylation is 2. The SMILES string of the molecule is CNCCC1CCN(C(=O)c2cc3c(s2)-c2ccccc2CC3)CC1. The largest absolute Gasteiger partial charge is 0.338 e. The highest BCUT2D eigenvalue weighted by Crippen LogP contribution is 2.40. The lowest BCUT2D eigenvalue weighted by atomic mass is 9.91. The average molecular weight is 355 g/mol. The summed E-state index contributed by atoms with van der Waals surface area (Å²) in [6, 6.07) is 10.8. The van der Waals surface area contributed by atoms with Crippen LogP contribution in [0.3, 0.4) is 0 Å². The van der Waals surface area contributed by atoms with Gasteiger partial charge in [-0.2, -0.15) is 0 Å². The van der Waals surface area contributed by atoms with E-state index in [-0.39, 0.29) is 5.91 Å². The smallest absolute Gasteiger partial charge is 0.263 e. The van der Waals surface area contributed by atoms with Crippen LogP contribution in [0.15, 0.2) is 30.3 Å². The van der Waals surface area contributed by atoms with Crippen molar-refractivity contribution < 1.29 is 4.79 Å². The van der Waals surface area contributed by atoms with Crippen LogP contribution in [-0.4, -0.2) is 37.5 Å². The van der Waals surface area contributed by atoms with E-state index in [4.69, 9.17) is 0 Å². The Balaban J connectivity index is 1.47. The van der Waals surface area contributed by atoms with Crippen molar-refractivity contribution in [2.24, 2.45) is 5.92 Å². The Kier molecular flexibility index (Phi) is 4.91. The van der Waals surface area contributed by atoms with Gasteiger partial charge in [0.1, 0.15) is 0 Å². The second-order valence-corrected chi connectivity index (χ2v) is 8.30. The highest BCUT2D eigenvalue weighted by Gasteiger charge is 2.27. The van der Waals surface area contributed by atoms with Gasteiger partial charge in [0.2, 0.25) is 0 Å². The Labute approximate surface area is 154 Å². The number of hydrogen-bond acceptors (Lipinski definition) is 3. The monoisotopic (exact) mass is 354 g/mol. The van der Waals surface area contributed by atoms with Gasteiger partial charge in [-0.1, -0.05) is 24.3 Å². The summed E-state index contributed by atoms with van der Waals surface area (Å²) in [5, 5.41) is 3.23. The normalized spacial score (nSPS) is 17.2. The second-order valence-electron chi connectivity index (χ2n) is 7.25. The third-order valence-corrected chi connectivity index (χ3v) is 6.85. The molecule has 2 heterocycles. The molecule has 0 unspecified atom stereocenters. The lowest BCUT2D eigenvalue weighted by Gasteiger charge is -2.31. The van der Waals surface area contributed by atoms with Crippen LogP contribution in [0.1, 0.15) is 40.1 Å². The van der Waals surface area contributed by atoms with Crippen molar-refractivity contribution in [3.05, 3.63) is 46.3 Å². The fourth-order valence-corrected chi connectivity index (χ4v) is 5.34. The van der Waals surface area contributed by atoms with Crippen LogP contribution in [0.2, 0.25) is 0 Å². The maximum atomic E-state index is 13.0. The first kappa shape index (κ1) is 16.8. The van der Waals surface area contributed by atoms with Gasteiger partial charge in [-0.15, -0.1) is 11.3 Å². The van der Waals surface area contributed by atoms with E-state index in [9.17, 15) is 4.79 Å². The van der Waals surface area contributed by atoms with Gasteiger partial charge < -0.3 is 10.2 Å². The van der Waals surface area contributed by atoms with Crippen LogP contribution in [0.25, 0.3) is 10.4 Å². The highest BCUT2D eigenvalue weighted by molar-refractivity contribution is 7.17. The molecule has 1 aromatic heterocycles. The summed E-state index contributed by atoms with van der Waals surface area (Å²) in [5.74, 6) is 1.00. The van der Waals surface area contributed by atoms with E-state index in [2.05, 4.69) is 40.5 Å². The molecule has 0 radical (unpaired) electrons. The molecule has 1 amide bonds. The number of likely N-dealkylation sites (tertiary alicyclic amines) is 1. The first-order chi connectivity index (χ1) is 12.3. The van der Waals surface area contributed by atoms with Gasteiger partial charge in [-0.3, -0.25) is 4.79 Å². The molecule has 1 aliphatic carbocycles. The number of thiophene rings is 1. The second kappa shape index (κ2) is 7.30. The number of nitrogens with one attached hydrogen (secondary N) is 1. The standard InChI is InChI=1S/C21H26N2OS/c1-22-11-8-15-9-12-23(13-10-15)21(24)19-14-17-7-6-16-4-2-3-5-18(16)20(17)25-19/h2-5,14-15,22H,6-13H2,1H3. The summed E-state index contributed by atoms with van der Waals surface area (Å²) in [6.07, 6.45) is 5.65. The van der Waals surface area contributed by atoms with Gasteiger partial charge in [-0.25, -0.2) is 0 Å². The summed E-state index contributed by atoms with van der Waals surface area (Å²) < 4.78 is 0. The van der Waals surface area contributed by atoms with Gasteiger partial charge in [0.05, 0.1) is 4.88 Å². The molecule has 1 fully saturated rings. The van der Waals surface area contributed by atoms with Gasteiger partial charge >= 0.3 is 0 Å². The maximum Gasteiger partial charge on any atom is 0.263 e. The Hall–Kier alpha value is -1.65. The molecule has 3 nitrogen and oxygen atoms in total. The number of hydrogen-bond donors (Lipinski definition) is 1. The van der Waals surface area contributed by atoms with E-state index in [0.29, 0.717) is 0 Å². The molecule has 132 valence electrons. The molecule has 4 rings (SSSR count). The number of piperidine rings is 1. The molecule has 2 aromatic rings. The number of rotatable bonds is 4. The summed E-state index contributed by atoms with van der Waals surface area (Å²) in [4.78, 5) is 17.3. The minimum absolute atomic E-state index is 0.240. The van der Waals surface area contributed by atoms with Crippen molar-refractivity contribution in [1.29, 1.82) is 0 Å². The lowest BCUT2D eigenvalue weighted by molar-refractivity contribution is 0.0692. The van der Waals surface area contributed by atoms with Gasteiger partial charge in [-0.05, 0) is 74.4 Å². The van der Waals surface area contributed by atoms with Crippen molar-refractivity contribution in [1.82, 2.24) is 10.2 Å². The van der Waals surface area contributed by atoms with Crippen LogP contribution in [0.4, 0.5) is 0 Å². The summed E-state index contributed by atoms with van der Waals surface area (Å²) >= 11 is 1.69. The summed E-state index contributed by atoms with van der Waals surface area (Å²) in [7, 11) is 2.01. The van der Waals surface area contributed by atoms with E-state index in [1.54, 1.807) is 11.3 Å². The van der Waals surface area contributed by atoms with Crippen LogP contribution in [-0.2, 0) is 12.8 Å². The molecule has 0 bridgehead atoms.